The summed E-state index contributed by atoms with van der Waals surface area (Å²) in [7, 11) is -3.36. The number of alkyl halides is 3. The van der Waals surface area contributed by atoms with E-state index in [2.05, 4.69) is 47.8 Å². The highest BCUT2D eigenvalue weighted by Crippen LogP contribution is 2.39. The van der Waals surface area contributed by atoms with Crippen LogP contribution in [-0.4, -0.2) is 21.6 Å². The SMILES string of the molecule is NC(=O)c1ccc(CCS(=O)(=O)C(Br)(Br)Br)cc1. The molecule has 1 aromatic carbocycles. The monoisotopic (exact) mass is 461 g/mol. The van der Waals surface area contributed by atoms with Crippen LogP contribution in [-0.2, 0) is 16.3 Å². The number of nitrogens with two attached hydrogens (primary N) is 1. The smallest absolute Gasteiger partial charge is 0.248 e. The van der Waals surface area contributed by atoms with Crippen molar-refractivity contribution < 1.29 is 13.2 Å². The average molecular weight is 464 g/mol. The summed E-state index contributed by atoms with van der Waals surface area (Å²) in [6.45, 7) is 0. The molecule has 0 heterocycles. The molecule has 0 aromatic heterocycles. The van der Waals surface area contributed by atoms with Gasteiger partial charge in [-0.2, -0.15) is 0 Å². The number of amides is 1. The van der Waals surface area contributed by atoms with Crippen molar-refractivity contribution >= 4 is 63.5 Å². The van der Waals surface area contributed by atoms with Gasteiger partial charge >= 0.3 is 0 Å². The molecule has 0 saturated heterocycles. The van der Waals surface area contributed by atoms with Crippen LogP contribution in [0.2, 0.25) is 0 Å². The van der Waals surface area contributed by atoms with Gasteiger partial charge in [-0.05, 0) is 71.9 Å². The maximum atomic E-state index is 11.8. The van der Waals surface area contributed by atoms with Gasteiger partial charge in [-0.3, -0.25) is 4.79 Å². The first-order valence-corrected chi connectivity index (χ1v) is 8.84. The lowest BCUT2D eigenvalue weighted by molar-refractivity contribution is 0.100. The third kappa shape index (κ3) is 4.32. The van der Waals surface area contributed by atoms with E-state index in [9.17, 15) is 13.2 Å². The molecule has 0 unspecified atom stereocenters. The number of hydrogen-bond acceptors (Lipinski definition) is 3. The second kappa shape index (κ2) is 6.02. The van der Waals surface area contributed by atoms with Crippen LogP contribution in [0, 0.1) is 0 Å². The Labute approximate surface area is 131 Å². The Balaban J connectivity index is 2.74. The van der Waals surface area contributed by atoms with Crippen molar-refractivity contribution in [2.75, 3.05) is 5.75 Å². The van der Waals surface area contributed by atoms with E-state index in [-0.39, 0.29) is 5.75 Å². The van der Waals surface area contributed by atoms with Gasteiger partial charge in [0, 0.05) is 5.56 Å². The predicted octanol–water partition coefficient (Wildman–Crippen LogP) is 2.54. The van der Waals surface area contributed by atoms with Gasteiger partial charge in [0.05, 0.1) is 5.75 Å². The fourth-order valence-corrected chi connectivity index (χ4v) is 3.40. The highest BCUT2D eigenvalue weighted by Gasteiger charge is 2.35. The van der Waals surface area contributed by atoms with Crippen molar-refractivity contribution in [2.24, 2.45) is 5.73 Å². The minimum absolute atomic E-state index is 0.0370. The van der Waals surface area contributed by atoms with Crippen LogP contribution in [0.25, 0.3) is 0 Å². The molecule has 4 nitrogen and oxygen atoms in total. The summed E-state index contributed by atoms with van der Waals surface area (Å²) in [6, 6.07) is 6.53. The summed E-state index contributed by atoms with van der Waals surface area (Å²) in [4.78, 5) is 10.9. The van der Waals surface area contributed by atoms with Gasteiger partial charge in [0.25, 0.3) is 0 Å². The molecule has 0 aliphatic carbocycles. The first-order valence-electron chi connectivity index (χ1n) is 4.81. The fourth-order valence-electron chi connectivity index (χ4n) is 1.20. The van der Waals surface area contributed by atoms with Gasteiger partial charge in [0.1, 0.15) is 0 Å². The van der Waals surface area contributed by atoms with E-state index in [1.54, 1.807) is 24.3 Å². The number of rotatable bonds is 4. The third-order valence-electron chi connectivity index (χ3n) is 2.25. The van der Waals surface area contributed by atoms with E-state index in [4.69, 9.17) is 5.73 Å². The standard InChI is InChI=1S/C10H10Br3NO3S/c11-10(12,13)18(16,17)6-5-7-1-3-8(4-2-7)9(14)15/h1-4H,5-6H2,(H2,14,15). The Bertz CT molecular complexity index is 534. The summed E-state index contributed by atoms with van der Waals surface area (Å²) in [6.07, 6.45) is 0.353. The van der Waals surface area contributed by atoms with Crippen molar-refractivity contribution in [1.82, 2.24) is 0 Å². The number of primary amides is 1. The molecule has 0 radical (unpaired) electrons. The van der Waals surface area contributed by atoms with Crippen LogP contribution in [0.4, 0.5) is 0 Å². The number of aryl methyl sites for hydroxylation is 1. The van der Waals surface area contributed by atoms with Crippen LogP contribution in [0.15, 0.2) is 24.3 Å². The number of sulfone groups is 1. The molecule has 100 valence electrons. The molecule has 0 aliphatic rings. The number of carbonyl (C=O) groups excluding carboxylic acids is 1. The lowest BCUT2D eigenvalue weighted by atomic mass is 10.1. The van der Waals surface area contributed by atoms with Crippen molar-refractivity contribution in [1.29, 1.82) is 0 Å². The van der Waals surface area contributed by atoms with Crippen LogP contribution < -0.4 is 5.73 Å². The van der Waals surface area contributed by atoms with Gasteiger partial charge in [-0.15, -0.1) is 0 Å². The lowest BCUT2D eigenvalue weighted by Gasteiger charge is -2.13. The van der Waals surface area contributed by atoms with E-state index in [1.807, 2.05) is 0 Å². The highest BCUT2D eigenvalue weighted by atomic mass is 80.0. The number of carbonyl (C=O) groups is 1. The van der Waals surface area contributed by atoms with Gasteiger partial charge in [-0.1, -0.05) is 12.1 Å². The van der Waals surface area contributed by atoms with E-state index in [0.29, 0.717) is 12.0 Å². The lowest BCUT2D eigenvalue weighted by Crippen LogP contribution is -2.22. The molecule has 0 bridgehead atoms. The molecule has 1 aromatic rings. The largest absolute Gasteiger partial charge is 0.366 e. The Kier molecular flexibility index (Phi) is 5.40. The normalized spacial score (nSPS) is 12.4. The third-order valence-corrected chi connectivity index (χ3v) is 8.14. The van der Waals surface area contributed by atoms with E-state index in [1.165, 1.54) is 0 Å². The topological polar surface area (TPSA) is 77.2 Å². The maximum Gasteiger partial charge on any atom is 0.248 e. The van der Waals surface area contributed by atoms with Crippen LogP contribution in [0.1, 0.15) is 15.9 Å². The minimum atomic E-state index is -3.36. The molecule has 18 heavy (non-hydrogen) atoms. The summed E-state index contributed by atoms with van der Waals surface area (Å²) in [5.41, 5.74) is 6.33. The van der Waals surface area contributed by atoms with Gasteiger partial charge in [0.15, 0.2) is 9.84 Å². The maximum absolute atomic E-state index is 11.8. The van der Waals surface area contributed by atoms with Crippen LogP contribution in [0.3, 0.4) is 0 Å². The molecule has 0 aliphatic heterocycles. The van der Waals surface area contributed by atoms with Crippen molar-refractivity contribution in [3.8, 4) is 0 Å². The van der Waals surface area contributed by atoms with E-state index >= 15 is 0 Å². The Hall–Kier alpha value is 0.0800. The minimum Gasteiger partial charge on any atom is -0.366 e. The second-order valence-electron chi connectivity index (χ2n) is 3.58. The molecule has 0 fully saturated rings. The zero-order valence-corrected chi connectivity index (χ0v) is 14.6. The van der Waals surface area contributed by atoms with Gasteiger partial charge < -0.3 is 5.73 Å². The molecule has 0 saturated carbocycles. The Morgan fingerprint density at radius 2 is 1.67 bits per heavy atom. The molecule has 2 N–H and O–H groups in total. The zero-order chi connectivity index (χ0) is 14.0. The molecular formula is C10H10Br3NO3S. The van der Waals surface area contributed by atoms with Gasteiger partial charge in [-0.25, -0.2) is 8.42 Å². The molecular weight excluding hydrogens is 454 g/mol. The molecule has 0 atom stereocenters. The van der Waals surface area contributed by atoms with Gasteiger partial charge in [0.2, 0.25) is 7.38 Å². The Morgan fingerprint density at radius 3 is 2.06 bits per heavy atom. The quantitative estimate of drug-likeness (QED) is 0.697. The molecule has 1 rings (SSSR count). The van der Waals surface area contributed by atoms with Crippen LogP contribution >= 0.6 is 47.8 Å². The molecule has 8 heteroatoms. The fraction of sp³-hybridized carbons (Fsp3) is 0.300. The average Bonchev–Trinajstić information content (AvgIpc) is 2.25. The summed E-state index contributed by atoms with van der Waals surface area (Å²) < 4.78 is 22.3. The summed E-state index contributed by atoms with van der Waals surface area (Å²) in [5, 5.41) is 0. The molecule has 0 spiro atoms. The second-order valence-corrected chi connectivity index (χ2v) is 14.2. The summed E-state index contributed by atoms with van der Waals surface area (Å²) >= 11 is 8.97. The highest BCUT2D eigenvalue weighted by molar-refractivity contribution is 9.42. The number of halogens is 3. The van der Waals surface area contributed by atoms with Crippen molar-refractivity contribution in [2.45, 2.75) is 7.90 Å². The summed E-state index contributed by atoms with van der Waals surface area (Å²) in [5.74, 6) is -0.542. The van der Waals surface area contributed by atoms with Crippen molar-refractivity contribution in [3.63, 3.8) is 0 Å². The van der Waals surface area contributed by atoms with Crippen molar-refractivity contribution in [3.05, 3.63) is 35.4 Å². The number of benzene rings is 1. The van der Waals surface area contributed by atoms with E-state index < -0.39 is 17.2 Å². The first kappa shape index (κ1) is 16.1. The van der Waals surface area contributed by atoms with Crippen LogP contribution in [0.5, 0.6) is 0 Å². The number of hydrogen-bond donors (Lipinski definition) is 1. The predicted molar refractivity (Wildman–Crippen MR) is 82.0 cm³/mol. The van der Waals surface area contributed by atoms with E-state index in [0.717, 1.165) is 5.56 Å². The molecule has 1 amide bonds. The first-order chi connectivity index (χ1) is 8.13. The Morgan fingerprint density at radius 1 is 1.17 bits per heavy atom. The zero-order valence-electron chi connectivity index (χ0n) is 9.07.